The van der Waals surface area contributed by atoms with Crippen molar-refractivity contribution in [3.05, 3.63) is 29.6 Å². The molecular weight excluding hydrogens is 238 g/mol. The molecule has 0 N–H and O–H groups in total. The molecule has 1 nitrogen and oxygen atoms in total. The zero-order valence-electron chi connectivity index (χ0n) is 9.13. The van der Waals surface area contributed by atoms with Gasteiger partial charge in [-0.25, -0.2) is 0 Å². The summed E-state index contributed by atoms with van der Waals surface area (Å²) in [7, 11) is 0. The van der Waals surface area contributed by atoms with Crippen LogP contribution in [0, 0.1) is 12.8 Å². The van der Waals surface area contributed by atoms with E-state index in [-0.39, 0.29) is 0 Å². The second kappa shape index (κ2) is 5.50. The van der Waals surface area contributed by atoms with E-state index in [4.69, 9.17) is 0 Å². The standard InChI is InChI=1S/C12H18BrN/c1-9(2)12(13)5-4-11-6-10(3)7-14-8-11/h6-9,12H,4-5H2,1-3H3. The van der Waals surface area contributed by atoms with Crippen LogP contribution in [0.4, 0.5) is 0 Å². The highest BCUT2D eigenvalue weighted by atomic mass is 79.9. The number of aryl methyl sites for hydroxylation is 2. The average molecular weight is 256 g/mol. The highest BCUT2D eigenvalue weighted by Crippen LogP contribution is 2.18. The van der Waals surface area contributed by atoms with Crippen molar-refractivity contribution < 1.29 is 0 Å². The zero-order chi connectivity index (χ0) is 10.6. The summed E-state index contributed by atoms with van der Waals surface area (Å²) in [4.78, 5) is 4.81. The topological polar surface area (TPSA) is 12.9 Å². The number of nitrogens with zero attached hydrogens (tertiary/aromatic N) is 1. The number of hydrogen-bond acceptors (Lipinski definition) is 1. The molecule has 0 saturated carbocycles. The van der Waals surface area contributed by atoms with E-state index in [2.05, 4.69) is 47.8 Å². The second-order valence-corrected chi connectivity index (χ2v) is 5.35. The van der Waals surface area contributed by atoms with Gasteiger partial charge in [-0.05, 0) is 36.8 Å². The molecule has 0 aliphatic heterocycles. The number of aromatic nitrogens is 1. The maximum absolute atomic E-state index is 4.19. The minimum Gasteiger partial charge on any atom is -0.264 e. The molecule has 0 fully saturated rings. The molecule has 0 amide bonds. The quantitative estimate of drug-likeness (QED) is 0.748. The lowest BCUT2D eigenvalue weighted by atomic mass is 10.0. The molecule has 78 valence electrons. The number of halogens is 1. The predicted octanol–water partition coefficient (Wildman–Crippen LogP) is 3.74. The molecule has 0 spiro atoms. The highest BCUT2D eigenvalue weighted by Gasteiger charge is 2.08. The van der Waals surface area contributed by atoms with Gasteiger partial charge in [0.15, 0.2) is 0 Å². The molecule has 0 aliphatic carbocycles. The fraction of sp³-hybridized carbons (Fsp3) is 0.583. The maximum atomic E-state index is 4.19. The van der Waals surface area contributed by atoms with E-state index < -0.39 is 0 Å². The zero-order valence-corrected chi connectivity index (χ0v) is 10.7. The Kier molecular flexibility index (Phi) is 4.59. The van der Waals surface area contributed by atoms with Crippen molar-refractivity contribution in [1.29, 1.82) is 0 Å². The Morgan fingerprint density at radius 2 is 2.07 bits per heavy atom. The van der Waals surface area contributed by atoms with Crippen LogP contribution in [0.5, 0.6) is 0 Å². The van der Waals surface area contributed by atoms with Gasteiger partial charge in [-0.2, -0.15) is 0 Å². The molecule has 1 aromatic rings. The summed E-state index contributed by atoms with van der Waals surface area (Å²) >= 11 is 3.70. The molecule has 0 radical (unpaired) electrons. The summed E-state index contributed by atoms with van der Waals surface area (Å²) in [5, 5.41) is 0. The Balaban J connectivity index is 2.45. The molecule has 1 rings (SSSR count). The number of alkyl halides is 1. The molecule has 0 bridgehead atoms. The molecule has 1 atom stereocenters. The molecule has 14 heavy (non-hydrogen) atoms. The maximum Gasteiger partial charge on any atom is 0.0300 e. The van der Waals surface area contributed by atoms with Crippen molar-refractivity contribution in [2.75, 3.05) is 0 Å². The monoisotopic (exact) mass is 255 g/mol. The first-order valence-electron chi connectivity index (χ1n) is 5.14. The van der Waals surface area contributed by atoms with Crippen LogP contribution in [0.1, 0.15) is 31.4 Å². The fourth-order valence-corrected chi connectivity index (χ4v) is 1.62. The van der Waals surface area contributed by atoms with Gasteiger partial charge in [0.2, 0.25) is 0 Å². The number of pyridine rings is 1. The van der Waals surface area contributed by atoms with Crippen LogP contribution in [0.15, 0.2) is 18.5 Å². The Morgan fingerprint density at radius 3 is 2.64 bits per heavy atom. The lowest BCUT2D eigenvalue weighted by molar-refractivity contribution is 0.581. The summed E-state index contributed by atoms with van der Waals surface area (Å²) in [6.07, 6.45) is 6.16. The summed E-state index contributed by atoms with van der Waals surface area (Å²) in [6, 6.07) is 2.22. The van der Waals surface area contributed by atoms with Crippen LogP contribution >= 0.6 is 15.9 Å². The summed E-state index contributed by atoms with van der Waals surface area (Å²) in [5.74, 6) is 0.702. The third-order valence-electron chi connectivity index (χ3n) is 2.36. The van der Waals surface area contributed by atoms with E-state index in [1.54, 1.807) is 0 Å². The Hall–Kier alpha value is -0.370. The molecule has 1 aromatic heterocycles. The Labute approximate surface area is 95.1 Å². The van der Waals surface area contributed by atoms with Crippen LogP contribution in [-0.4, -0.2) is 9.81 Å². The molecular formula is C12H18BrN. The van der Waals surface area contributed by atoms with Crippen molar-refractivity contribution in [2.24, 2.45) is 5.92 Å². The minimum absolute atomic E-state index is 0.614. The molecule has 0 aromatic carbocycles. The van der Waals surface area contributed by atoms with Crippen molar-refractivity contribution >= 4 is 15.9 Å². The summed E-state index contributed by atoms with van der Waals surface area (Å²) in [5.41, 5.74) is 2.59. The van der Waals surface area contributed by atoms with Crippen LogP contribution in [0.3, 0.4) is 0 Å². The van der Waals surface area contributed by atoms with E-state index in [0.717, 1.165) is 6.42 Å². The van der Waals surface area contributed by atoms with Crippen LogP contribution in [0.2, 0.25) is 0 Å². The van der Waals surface area contributed by atoms with Gasteiger partial charge >= 0.3 is 0 Å². The smallest absolute Gasteiger partial charge is 0.0300 e. The lowest BCUT2D eigenvalue weighted by Gasteiger charge is -2.13. The van der Waals surface area contributed by atoms with Gasteiger partial charge in [-0.1, -0.05) is 35.8 Å². The Morgan fingerprint density at radius 1 is 1.36 bits per heavy atom. The predicted molar refractivity (Wildman–Crippen MR) is 64.8 cm³/mol. The van der Waals surface area contributed by atoms with Gasteiger partial charge in [0.25, 0.3) is 0 Å². The number of rotatable bonds is 4. The molecule has 2 heteroatoms. The van der Waals surface area contributed by atoms with E-state index in [0.29, 0.717) is 10.7 Å². The molecule has 1 heterocycles. The van der Waals surface area contributed by atoms with E-state index in [1.807, 2.05) is 12.4 Å². The van der Waals surface area contributed by atoms with Gasteiger partial charge in [0, 0.05) is 17.2 Å². The summed E-state index contributed by atoms with van der Waals surface area (Å²) < 4.78 is 0. The summed E-state index contributed by atoms with van der Waals surface area (Å²) in [6.45, 7) is 6.58. The van der Waals surface area contributed by atoms with Crippen molar-refractivity contribution in [3.63, 3.8) is 0 Å². The third-order valence-corrected chi connectivity index (χ3v) is 3.88. The highest BCUT2D eigenvalue weighted by molar-refractivity contribution is 9.09. The first-order valence-corrected chi connectivity index (χ1v) is 6.05. The second-order valence-electron chi connectivity index (χ2n) is 4.17. The largest absolute Gasteiger partial charge is 0.264 e. The fourth-order valence-electron chi connectivity index (χ4n) is 1.39. The van der Waals surface area contributed by atoms with E-state index in [9.17, 15) is 0 Å². The first-order chi connectivity index (χ1) is 6.59. The normalized spacial score (nSPS) is 13.2. The van der Waals surface area contributed by atoms with Crippen LogP contribution in [0.25, 0.3) is 0 Å². The average Bonchev–Trinajstić information content (AvgIpc) is 2.14. The van der Waals surface area contributed by atoms with Crippen LogP contribution in [-0.2, 0) is 6.42 Å². The third kappa shape index (κ3) is 3.79. The van der Waals surface area contributed by atoms with Crippen LogP contribution < -0.4 is 0 Å². The van der Waals surface area contributed by atoms with Gasteiger partial charge in [0.05, 0.1) is 0 Å². The van der Waals surface area contributed by atoms with Crippen molar-refractivity contribution in [1.82, 2.24) is 4.98 Å². The molecule has 1 unspecified atom stereocenters. The van der Waals surface area contributed by atoms with Gasteiger partial charge in [-0.3, -0.25) is 4.98 Å². The van der Waals surface area contributed by atoms with Crippen molar-refractivity contribution in [2.45, 2.75) is 38.4 Å². The molecule has 0 aliphatic rings. The van der Waals surface area contributed by atoms with E-state index in [1.165, 1.54) is 17.5 Å². The Bertz CT molecular complexity index is 283. The van der Waals surface area contributed by atoms with Gasteiger partial charge in [0.1, 0.15) is 0 Å². The van der Waals surface area contributed by atoms with Gasteiger partial charge in [-0.15, -0.1) is 0 Å². The van der Waals surface area contributed by atoms with Gasteiger partial charge < -0.3 is 0 Å². The minimum atomic E-state index is 0.614. The first kappa shape index (κ1) is 11.7. The van der Waals surface area contributed by atoms with E-state index >= 15 is 0 Å². The SMILES string of the molecule is Cc1cncc(CCC(Br)C(C)C)c1. The lowest BCUT2D eigenvalue weighted by Crippen LogP contribution is -2.08. The number of hydrogen-bond donors (Lipinski definition) is 0. The van der Waals surface area contributed by atoms with Crippen molar-refractivity contribution in [3.8, 4) is 0 Å². The molecule has 0 saturated heterocycles.